The van der Waals surface area contributed by atoms with Gasteiger partial charge in [-0.05, 0) is 6.92 Å². The maximum absolute atomic E-state index is 2.93. The van der Waals surface area contributed by atoms with Crippen LogP contribution in [0.4, 0.5) is 0 Å². The van der Waals surface area contributed by atoms with Crippen molar-refractivity contribution in [2.45, 2.75) is 6.92 Å². The number of nitrogens with zero attached hydrogens (tertiary/aromatic N) is 1. The standard InChI is InChI=1S/C6H9N2/c1-6-5-8(2)4-3-7-6/h4-5,7H,1-2H3. The highest BCUT2D eigenvalue weighted by Gasteiger charge is 1.92. The molecule has 8 heavy (non-hydrogen) atoms. The lowest BCUT2D eigenvalue weighted by molar-refractivity contribution is 0.588. The fourth-order valence-corrected chi connectivity index (χ4v) is 0.623. The minimum atomic E-state index is 1.12. The van der Waals surface area contributed by atoms with Crippen LogP contribution >= 0.6 is 0 Å². The van der Waals surface area contributed by atoms with E-state index in [2.05, 4.69) is 11.5 Å². The van der Waals surface area contributed by atoms with Gasteiger partial charge in [0, 0.05) is 25.1 Å². The molecule has 2 nitrogen and oxygen atoms in total. The van der Waals surface area contributed by atoms with Gasteiger partial charge >= 0.3 is 0 Å². The van der Waals surface area contributed by atoms with Crippen LogP contribution in [0.5, 0.6) is 0 Å². The van der Waals surface area contributed by atoms with E-state index in [9.17, 15) is 0 Å². The molecule has 2 heteroatoms. The molecule has 0 aromatic rings. The minimum Gasteiger partial charge on any atom is -0.355 e. The van der Waals surface area contributed by atoms with Crippen LogP contribution in [0.1, 0.15) is 6.92 Å². The van der Waals surface area contributed by atoms with Gasteiger partial charge in [-0.2, -0.15) is 0 Å². The van der Waals surface area contributed by atoms with Crippen LogP contribution < -0.4 is 5.32 Å². The molecule has 0 bridgehead atoms. The third kappa shape index (κ3) is 1.03. The predicted molar refractivity (Wildman–Crippen MR) is 32.5 cm³/mol. The lowest BCUT2D eigenvalue weighted by atomic mass is 10.4. The lowest BCUT2D eigenvalue weighted by Crippen LogP contribution is -2.15. The van der Waals surface area contributed by atoms with Crippen LogP contribution in [0.15, 0.2) is 18.1 Å². The Morgan fingerprint density at radius 2 is 2.50 bits per heavy atom. The van der Waals surface area contributed by atoms with Crippen molar-refractivity contribution >= 4 is 0 Å². The summed E-state index contributed by atoms with van der Waals surface area (Å²) in [5.74, 6) is 0. The molecule has 1 aliphatic heterocycles. The molecular weight excluding hydrogens is 100 g/mol. The van der Waals surface area contributed by atoms with E-state index in [0.717, 1.165) is 5.70 Å². The molecule has 0 aliphatic carbocycles. The maximum Gasteiger partial charge on any atom is 0.0801 e. The third-order valence-electron chi connectivity index (χ3n) is 0.935. The van der Waals surface area contributed by atoms with Gasteiger partial charge in [-0.15, -0.1) is 0 Å². The van der Waals surface area contributed by atoms with Crippen molar-refractivity contribution in [1.82, 2.24) is 10.2 Å². The van der Waals surface area contributed by atoms with Crippen molar-refractivity contribution in [3.8, 4) is 0 Å². The van der Waals surface area contributed by atoms with Crippen molar-refractivity contribution in [1.29, 1.82) is 0 Å². The highest BCUT2D eigenvalue weighted by Crippen LogP contribution is 1.96. The van der Waals surface area contributed by atoms with E-state index in [1.54, 1.807) is 0 Å². The quantitative estimate of drug-likeness (QED) is 0.491. The zero-order valence-electron chi connectivity index (χ0n) is 5.10. The van der Waals surface area contributed by atoms with E-state index in [4.69, 9.17) is 0 Å². The van der Waals surface area contributed by atoms with Gasteiger partial charge in [0.05, 0.1) is 6.20 Å². The first-order valence-electron chi connectivity index (χ1n) is 2.54. The van der Waals surface area contributed by atoms with Crippen molar-refractivity contribution in [3.05, 3.63) is 24.3 Å². The molecule has 1 N–H and O–H groups in total. The van der Waals surface area contributed by atoms with Crippen LogP contribution in [0.2, 0.25) is 0 Å². The molecule has 0 amide bonds. The van der Waals surface area contributed by atoms with Gasteiger partial charge in [0.2, 0.25) is 0 Å². The first kappa shape index (κ1) is 5.22. The monoisotopic (exact) mass is 109 g/mol. The minimum absolute atomic E-state index is 1.12. The van der Waals surface area contributed by atoms with Crippen molar-refractivity contribution < 1.29 is 0 Å². The fraction of sp³-hybridized carbons (Fsp3) is 0.333. The van der Waals surface area contributed by atoms with E-state index in [0.29, 0.717) is 0 Å². The Kier molecular flexibility index (Phi) is 1.24. The molecule has 0 saturated carbocycles. The van der Waals surface area contributed by atoms with Gasteiger partial charge in [-0.3, -0.25) is 0 Å². The second-order valence-corrected chi connectivity index (χ2v) is 1.88. The number of hydrogen-bond acceptors (Lipinski definition) is 2. The number of rotatable bonds is 0. The van der Waals surface area contributed by atoms with Crippen molar-refractivity contribution in [2.75, 3.05) is 7.05 Å². The van der Waals surface area contributed by atoms with E-state index in [-0.39, 0.29) is 0 Å². The maximum atomic E-state index is 2.93. The molecule has 0 aromatic carbocycles. The van der Waals surface area contributed by atoms with Crippen LogP contribution in [0.3, 0.4) is 0 Å². The Bertz CT molecular complexity index is 135. The Labute approximate surface area is 49.5 Å². The molecule has 1 aliphatic rings. The first-order valence-corrected chi connectivity index (χ1v) is 2.54. The van der Waals surface area contributed by atoms with E-state index in [1.165, 1.54) is 0 Å². The molecule has 0 spiro atoms. The summed E-state index contributed by atoms with van der Waals surface area (Å²) in [7, 11) is 1.97. The average molecular weight is 109 g/mol. The first-order chi connectivity index (χ1) is 3.79. The molecule has 0 aromatic heterocycles. The van der Waals surface area contributed by atoms with Crippen LogP contribution in [-0.4, -0.2) is 11.9 Å². The summed E-state index contributed by atoms with van der Waals surface area (Å²) in [5.41, 5.74) is 1.12. The molecular formula is C6H9N2. The zero-order chi connectivity index (χ0) is 5.98. The Hall–Kier alpha value is -0.920. The largest absolute Gasteiger partial charge is 0.355 e. The third-order valence-corrected chi connectivity index (χ3v) is 0.935. The second-order valence-electron chi connectivity index (χ2n) is 1.88. The topological polar surface area (TPSA) is 15.3 Å². The average Bonchev–Trinajstić information content (AvgIpc) is 1.64. The Morgan fingerprint density at radius 3 is 2.88 bits per heavy atom. The summed E-state index contributed by atoms with van der Waals surface area (Å²) < 4.78 is 0. The summed E-state index contributed by atoms with van der Waals surface area (Å²) in [6.45, 7) is 2.00. The van der Waals surface area contributed by atoms with E-state index < -0.39 is 0 Å². The molecule has 0 unspecified atom stereocenters. The zero-order valence-corrected chi connectivity index (χ0v) is 5.10. The summed E-state index contributed by atoms with van der Waals surface area (Å²) >= 11 is 0. The van der Waals surface area contributed by atoms with Gasteiger partial charge in [-0.1, -0.05) is 0 Å². The second kappa shape index (κ2) is 1.90. The predicted octanol–water partition coefficient (Wildman–Crippen LogP) is 0.657. The Balaban J connectivity index is 2.60. The number of hydrogen-bond donors (Lipinski definition) is 1. The van der Waals surface area contributed by atoms with Crippen molar-refractivity contribution in [3.63, 3.8) is 0 Å². The highest BCUT2D eigenvalue weighted by atomic mass is 15.1. The van der Waals surface area contributed by atoms with Crippen LogP contribution in [0, 0.1) is 6.20 Å². The van der Waals surface area contributed by atoms with Gasteiger partial charge < -0.3 is 10.2 Å². The van der Waals surface area contributed by atoms with Crippen LogP contribution in [-0.2, 0) is 0 Å². The summed E-state index contributed by atoms with van der Waals surface area (Å²) in [6, 6.07) is 0. The summed E-state index contributed by atoms with van der Waals surface area (Å²) in [5, 5.41) is 2.93. The Morgan fingerprint density at radius 1 is 1.75 bits per heavy atom. The fourth-order valence-electron chi connectivity index (χ4n) is 0.623. The molecule has 1 heterocycles. The summed E-state index contributed by atoms with van der Waals surface area (Å²) in [6.07, 6.45) is 6.70. The lowest BCUT2D eigenvalue weighted by Gasteiger charge is -2.13. The molecule has 0 atom stereocenters. The molecule has 1 rings (SSSR count). The molecule has 0 fully saturated rings. The van der Waals surface area contributed by atoms with Crippen LogP contribution in [0.25, 0.3) is 0 Å². The molecule has 43 valence electrons. The van der Waals surface area contributed by atoms with Gasteiger partial charge in [0.1, 0.15) is 0 Å². The summed E-state index contributed by atoms with van der Waals surface area (Å²) in [4.78, 5) is 1.95. The van der Waals surface area contributed by atoms with E-state index in [1.807, 2.05) is 31.3 Å². The van der Waals surface area contributed by atoms with Crippen molar-refractivity contribution in [2.24, 2.45) is 0 Å². The SMILES string of the molecule is CC1=CN(C)C=[C]N1. The van der Waals surface area contributed by atoms with Gasteiger partial charge in [0.15, 0.2) is 0 Å². The number of nitrogens with one attached hydrogen (secondary N) is 1. The molecule has 0 saturated heterocycles. The number of allylic oxidation sites excluding steroid dienone is 1. The normalized spacial score (nSPS) is 17.8. The van der Waals surface area contributed by atoms with Gasteiger partial charge in [-0.25, -0.2) is 0 Å². The smallest absolute Gasteiger partial charge is 0.0801 e. The van der Waals surface area contributed by atoms with Gasteiger partial charge in [0.25, 0.3) is 0 Å². The van der Waals surface area contributed by atoms with E-state index >= 15 is 0 Å². The highest BCUT2D eigenvalue weighted by molar-refractivity contribution is 5.02. The molecule has 1 radical (unpaired) electrons.